The largest absolute Gasteiger partial charge is 0.456 e. The molecular weight excluding hydrogens is 520 g/mol. The average Bonchev–Trinajstić information content (AvgIpc) is 3.03. The summed E-state index contributed by atoms with van der Waals surface area (Å²) in [4.78, 5) is 26.1. The first kappa shape index (κ1) is 24.3. The Hall–Kier alpha value is -1.02. The lowest BCUT2D eigenvalue weighted by Crippen LogP contribution is -2.39. The van der Waals surface area contributed by atoms with Crippen molar-refractivity contribution in [2.45, 2.75) is 53.2 Å². The van der Waals surface area contributed by atoms with E-state index < -0.39 is 23.1 Å². The highest BCUT2D eigenvalue weighted by atomic mass is 79.9. The molecule has 0 aromatic carbocycles. The lowest BCUT2D eigenvalue weighted by atomic mass is 9.72. The van der Waals surface area contributed by atoms with Gasteiger partial charge in [-0.2, -0.15) is 0 Å². The number of allylic oxidation sites excluding steroid dienone is 1. The number of ketones is 1. The Bertz CT molecular complexity index is 917. The van der Waals surface area contributed by atoms with Gasteiger partial charge < -0.3 is 9.47 Å². The van der Waals surface area contributed by atoms with Crippen LogP contribution in [-0.2, 0) is 14.3 Å². The topological polar surface area (TPSA) is 52.6 Å². The molecule has 0 aliphatic heterocycles. The maximum Gasteiger partial charge on any atom is 0.340 e. The van der Waals surface area contributed by atoms with Crippen LogP contribution >= 0.6 is 43.2 Å². The minimum absolute atomic E-state index is 0.0545. The van der Waals surface area contributed by atoms with Gasteiger partial charge in [0.2, 0.25) is 0 Å². The summed E-state index contributed by atoms with van der Waals surface area (Å²) in [5, 5.41) is 1.95. The van der Waals surface area contributed by atoms with Gasteiger partial charge in [-0.3, -0.25) is 4.79 Å². The molecule has 0 bridgehead atoms. The van der Waals surface area contributed by atoms with Crippen molar-refractivity contribution >= 4 is 54.9 Å². The van der Waals surface area contributed by atoms with Crippen LogP contribution in [0.15, 0.2) is 43.7 Å². The number of carbonyl (C=O) groups excluding carboxylic acids is 2. The van der Waals surface area contributed by atoms with Crippen LogP contribution in [-0.4, -0.2) is 30.6 Å². The Morgan fingerprint density at radius 2 is 1.86 bits per heavy atom. The molecule has 1 aromatic heterocycles. The molecule has 2 unspecified atom stereocenters. The number of hydrogen-bond donors (Lipinski definition) is 0. The van der Waals surface area contributed by atoms with E-state index in [2.05, 4.69) is 31.9 Å². The standard InChI is InChI=1S/C22H26Br2O4S/c1-12-10-15(29-11-12)14(25)8-9-22(6)13(2)17(23)16(18(24)19(22)27-7)20(26)28-21(3,4)5/h8-11,19H,1-7H3. The summed E-state index contributed by atoms with van der Waals surface area (Å²) >= 11 is 8.56. The fourth-order valence-electron chi connectivity index (χ4n) is 3.09. The third-order valence-corrected chi connectivity index (χ3v) is 7.63. The van der Waals surface area contributed by atoms with Crippen LogP contribution in [0.3, 0.4) is 0 Å². The Morgan fingerprint density at radius 3 is 2.34 bits per heavy atom. The molecule has 1 aliphatic rings. The SMILES string of the molecule is COC1C(Br)=C(C(=O)OC(C)(C)C)C(Br)=C(C)C1(C)C=CC(=O)c1cc(C)cs1. The quantitative estimate of drug-likeness (QED) is 0.241. The Kier molecular flexibility index (Phi) is 7.53. The predicted octanol–water partition coefficient (Wildman–Crippen LogP) is 6.49. The van der Waals surface area contributed by atoms with Gasteiger partial charge in [0.15, 0.2) is 5.78 Å². The molecule has 0 fully saturated rings. The van der Waals surface area contributed by atoms with E-state index in [0.29, 0.717) is 19.4 Å². The minimum Gasteiger partial charge on any atom is -0.456 e. The van der Waals surface area contributed by atoms with Gasteiger partial charge in [0.05, 0.1) is 10.5 Å². The van der Waals surface area contributed by atoms with Crippen LogP contribution in [0.2, 0.25) is 0 Å². The van der Waals surface area contributed by atoms with Gasteiger partial charge in [-0.1, -0.05) is 22.0 Å². The van der Waals surface area contributed by atoms with Gasteiger partial charge in [0.1, 0.15) is 11.7 Å². The van der Waals surface area contributed by atoms with Gasteiger partial charge in [0.25, 0.3) is 0 Å². The molecule has 0 amide bonds. The monoisotopic (exact) mass is 544 g/mol. The van der Waals surface area contributed by atoms with Gasteiger partial charge >= 0.3 is 5.97 Å². The second-order valence-electron chi connectivity index (χ2n) is 8.25. The van der Waals surface area contributed by atoms with E-state index in [9.17, 15) is 9.59 Å². The van der Waals surface area contributed by atoms with Crippen molar-refractivity contribution < 1.29 is 19.1 Å². The Morgan fingerprint density at radius 1 is 1.24 bits per heavy atom. The van der Waals surface area contributed by atoms with Gasteiger partial charge in [0, 0.05) is 21.5 Å². The maximum atomic E-state index is 12.8. The first-order chi connectivity index (χ1) is 13.3. The lowest BCUT2D eigenvalue weighted by Gasteiger charge is -2.40. The van der Waals surface area contributed by atoms with E-state index in [-0.39, 0.29) is 5.78 Å². The fourth-order valence-corrected chi connectivity index (χ4v) is 6.00. The second kappa shape index (κ2) is 9.00. The van der Waals surface area contributed by atoms with Gasteiger partial charge in [-0.15, -0.1) is 11.3 Å². The molecule has 0 saturated carbocycles. The molecule has 0 saturated heterocycles. The lowest BCUT2D eigenvalue weighted by molar-refractivity contribution is -0.149. The summed E-state index contributed by atoms with van der Waals surface area (Å²) in [6.45, 7) is 11.3. The molecule has 158 valence electrons. The Labute approximate surface area is 193 Å². The first-order valence-electron chi connectivity index (χ1n) is 9.13. The van der Waals surface area contributed by atoms with Crippen molar-refractivity contribution in [3.8, 4) is 0 Å². The molecule has 0 N–H and O–H groups in total. The average molecular weight is 546 g/mol. The van der Waals surface area contributed by atoms with Crippen molar-refractivity contribution in [3.05, 3.63) is 54.2 Å². The van der Waals surface area contributed by atoms with Gasteiger partial charge in [-0.05, 0) is 86.1 Å². The number of esters is 1. The third-order valence-electron chi connectivity index (χ3n) is 4.76. The Balaban J connectivity index is 2.45. The smallest absolute Gasteiger partial charge is 0.340 e. The number of methoxy groups -OCH3 is 1. The van der Waals surface area contributed by atoms with E-state index in [1.165, 1.54) is 11.3 Å². The highest BCUT2D eigenvalue weighted by Gasteiger charge is 2.44. The predicted molar refractivity (Wildman–Crippen MR) is 125 cm³/mol. The zero-order chi connectivity index (χ0) is 22.1. The van der Waals surface area contributed by atoms with Crippen LogP contribution in [0, 0.1) is 12.3 Å². The van der Waals surface area contributed by atoms with Crippen molar-refractivity contribution in [2.24, 2.45) is 5.41 Å². The number of thiophene rings is 1. The van der Waals surface area contributed by atoms with Crippen LogP contribution in [0.25, 0.3) is 0 Å². The molecule has 4 nitrogen and oxygen atoms in total. The van der Waals surface area contributed by atoms with Crippen LogP contribution < -0.4 is 0 Å². The number of hydrogen-bond acceptors (Lipinski definition) is 5. The highest BCUT2D eigenvalue weighted by Crippen LogP contribution is 2.50. The number of aryl methyl sites for hydroxylation is 1. The molecule has 1 aromatic rings. The summed E-state index contributed by atoms with van der Waals surface area (Å²) < 4.78 is 12.6. The number of carbonyl (C=O) groups is 2. The molecule has 1 aliphatic carbocycles. The molecule has 1 heterocycles. The van der Waals surface area contributed by atoms with Crippen LogP contribution in [0.5, 0.6) is 0 Å². The molecule has 0 radical (unpaired) electrons. The summed E-state index contributed by atoms with van der Waals surface area (Å²) in [5.41, 5.74) is 1.08. The second-order valence-corrected chi connectivity index (χ2v) is 10.8. The van der Waals surface area contributed by atoms with Crippen molar-refractivity contribution in [3.63, 3.8) is 0 Å². The fraction of sp³-hybridized carbons (Fsp3) is 0.455. The first-order valence-corrected chi connectivity index (χ1v) is 11.6. The summed E-state index contributed by atoms with van der Waals surface area (Å²) in [6, 6.07) is 1.88. The molecule has 2 atom stereocenters. The maximum absolute atomic E-state index is 12.8. The van der Waals surface area contributed by atoms with E-state index in [1.807, 2.05) is 59.1 Å². The summed E-state index contributed by atoms with van der Waals surface area (Å²) in [6.07, 6.45) is 2.95. The zero-order valence-electron chi connectivity index (χ0n) is 17.7. The van der Waals surface area contributed by atoms with E-state index in [0.717, 1.165) is 11.1 Å². The van der Waals surface area contributed by atoms with E-state index in [4.69, 9.17) is 9.47 Å². The third kappa shape index (κ3) is 5.19. The van der Waals surface area contributed by atoms with E-state index in [1.54, 1.807) is 13.2 Å². The van der Waals surface area contributed by atoms with Crippen molar-refractivity contribution in [2.75, 3.05) is 7.11 Å². The van der Waals surface area contributed by atoms with Crippen molar-refractivity contribution in [1.29, 1.82) is 0 Å². The van der Waals surface area contributed by atoms with E-state index >= 15 is 0 Å². The summed E-state index contributed by atoms with van der Waals surface area (Å²) in [5.74, 6) is -0.491. The number of halogens is 2. The summed E-state index contributed by atoms with van der Waals surface area (Å²) in [7, 11) is 1.59. The molecule has 0 spiro atoms. The van der Waals surface area contributed by atoms with Gasteiger partial charge in [-0.25, -0.2) is 4.79 Å². The normalized spacial score (nSPS) is 23.1. The van der Waals surface area contributed by atoms with Crippen LogP contribution in [0.1, 0.15) is 49.9 Å². The molecular formula is C22H26Br2O4S. The molecule has 2 rings (SSSR count). The molecule has 29 heavy (non-hydrogen) atoms. The zero-order valence-corrected chi connectivity index (χ0v) is 21.7. The number of rotatable bonds is 5. The van der Waals surface area contributed by atoms with Crippen LogP contribution in [0.4, 0.5) is 0 Å². The van der Waals surface area contributed by atoms with Crippen molar-refractivity contribution in [1.82, 2.24) is 0 Å². The molecule has 7 heteroatoms. The highest BCUT2D eigenvalue weighted by molar-refractivity contribution is 9.12. The number of ether oxygens (including phenoxy) is 2. The minimum atomic E-state index is -0.639.